The molecule has 1 aromatic carbocycles. The fraction of sp³-hybridized carbons (Fsp3) is 0.538. The minimum Gasteiger partial charge on any atom is -0.353 e. The molecule has 1 aromatic heterocycles. The molecule has 4 rings (SSSR count). The third kappa shape index (κ3) is 5.85. The lowest BCUT2D eigenvalue weighted by molar-refractivity contribution is 0.000385. The van der Waals surface area contributed by atoms with Gasteiger partial charge in [-0.1, -0.05) is 49.2 Å². The summed E-state index contributed by atoms with van der Waals surface area (Å²) in [4.78, 5) is 24.0. The summed E-state index contributed by atoms with van der Waals surface area (Å²) in [7, 11) is 0. The number of carbonyl (C=O) groups is 1. The summed E-state index contributed by atoms with van der Waals surface area (Å²) in [5, 5.41) is 4.11. The summed E-state index contributed by atoms with van der Waals surface area (Å²) in [5.41, 5.74) is 2.02. The monoisotopic (exact) mass is 503 g/mol. The van der Waals surface area contributed by atoms with E-state index in [1.807, 2.05) is 19.1 Å². The molecule has 1 atom stereocenters. The number of amides is 1. The molecule has 0 spiro atoms. The van der Waals surface area contributed by atoms with E-state index in [-0.39, 0.29) is 11.3 Å². The van der Waals surface area contributed by atoms with Gasteiger partial charge in [0.05, 0.1) is 10.6 Å². The number of nitrogens with one attached hydrogen (secondary N) is 1. The van der Waals surface area contributed by atoms with Gasteiger partial charge in [0, 0.05) is 69.6 Å². The van der Waals surface area contributed by atoms with Gasteiger partial charge in [-0.05, 0) is 42.5 Å². The molecule has 8 heteroatoms. The highest BCUT2D eigenvalue weighted by Gasteiger charge is 2.40. The molecule has 0 bridgehead atoms. The van der Waals surface area contributed by atoms with E-state index in [9.17, 15) is 4.79 Å². The summed E-state index contributed by atoms with van der Waals surface area (Å²) < 4.78 is 0. The summed E-state index contributed by atoms with van der Waals surface area (Å²) in [6.45, 7) is 14.2. The molecule has 1 N–H and O–H groups in total. The molecule has 0 saturated carbocycles. The number of benzene rings is 1. The van der Waals surface area contributed by atoms with Crippen LogP contribution in [-0.4, -0.2) is 72.5 Å². The van der Waals surface area contributed by atoms with Crippen LogP contribution in [0.25, 0.3) is 0 Å². The molecule has 1 unspecified atom stereocenters. The fourth-order valence-corrected chi connectivity index (χ4v) is 5.82. The Balaban J connectivity index is 1.33. The van der Waals surface area contributed by atoms with Crippen LogP contribution in [0.1, 0.15) is 43.1 Å². The van der Waals surface area contributed by atoms with Crippen molar-refractivity contribution in [2.75, 3.05) is 50.7 Å². The Labute approximate surface area is 213 Å². The molecule has 3 heterocycles. The maximum atomic E-state index is 12.1. The van der Waals surface area contributed by atoms with E-state index < -0.39 is 0 Å². The van der Waals surface area contributed by atoms with Crippen LogP contribution < -0.4 is 10.2 Å². The molecule has 0 aliphatic carbocycles. The van der Waals surface area contributed by atoms with Crippen LogP contribution in [0.15, 0.2) is 36.5 Å². The molecular formula is C26H35Cl2N5O. The number of anilines is 1. The molecule has 0 radical (unpaired) electrons. The number of hydrogen-bond acceptors (Lipinski definition) is 5. The number of piperazine rings is 1. The summed E-state index contributed by atoms with van der Waals surface area (Å²) in [6.07, 6.45) is 2.79. The lowest BCUT2D eigenvalue weighted by Gasteiger charge is -2.51. The molecule has 2 aliphatic rings. The van der Waals surface area contributed by atoms with Gasteiger partial charge in [-0.15, -0.1) is 0 Å². The smallest absolute Gasteiger partial charge is 0.252 e. The third-order valence-corrected chi connectivity index (χ3v) is 7.58. The van der Waals surface area contributed by atoms with Crippen LogP contribution in [0.2, 0.25) is 10.0 Å². The van der Waals surface area contributed by atoms with Crippen molar-refractivity contribution in [3.63, 3.8) is 0 Å². The Morgan fingerprint density at radius 3 is 2.44 bits per heavy atom. The Kier molecular flexibility index (Phi) is 8.03. The summed E-state index contributed by atoms with van der Waals surface area (Å²) in [5.74, 6) is 0.629. The highest BCUT2D eigenvalue weighted by Crippen LogP contribution is 2.35. The van der Waals surface area contributed by atoms with E-state index in [1.165, 1.54) is 12.0 Å². The molecule has 34 heavy (non-hydrogen) atoms. The maximum Gasteiger partial charge on any atom is 0.252 e. The minimum absolute atomic E-state index is 0.141. The summed E-state index contributed by atoms with van der Waals surface area (Å²) in [6, 6.07) is 10.5. The first-order valence-corrected chi connectivity index (χ1v) is 12.9. The van der Waals surface area contributed by atoms with E-state index >= 15 is 0 Å². The number of carbonyl (C=O) groups excluding carboxylic acids is 1. The Morgan fingerprint density at radius 2 is 1.82 bits per heavy atom. The minimum atomic E-state index is -0.141. The van der Waals surface area contributed by atoms with Crippen LogP contribution in [0, 0.1) is 5.41 Å². The zero-order valence-electron chi connectivity index (χ0n) is 20.4. The quantitative estimate of drug-likeness (QED) is 0.625. The molecule has 2 saturated heterocycles. The molecule has 2 fully saturated rings. The first-order chi connectivity index (χ1) is 16.3. The van der Waals surface area contributed by atoms with Gasteiger partial charge in [-0.25, -0.2) is 4.98 Å². The number of hydrogen-bond donors (Lipinski definition) is 1. The molecular weight excluding hydrogens is 469 g/mol. The molecule has 184 valence electrons. The van der Waals surface area contributed by atoms with Crippen molar-refractivity contribution >= 4 is 34.9 Å². The Bertz CT molecular complexity index is 989. The largest absolute Gasteiger partial charge is 0.353 e. The molecule has 1 amide bonds. The second-order valence-electron chi connectivity index (χ2n) is 10.0. The van der Waals surface area contributed by atoms with Crippen molar-refractivity contribution in [2.24, 2.45) is 5.41 Å². The average molecular weight is 505 g/mol. The van der Waals surface area contributed by atoms with E-state index in [4.69, 9.17) is 23.2 Å². The van der Waals surface area contributed by atoms with Crippen molar-refractivity contribution in [3.05, 3.63) is 57.7 Å². The first kappa shape index (κ1) is 25.2. The molecule has 2 aromatic rings. The van der Waals surface area contributed by atoms with Crippen LogP contribution in [0.3, 0.4) is 0 Å². The first-order valence-electron chi connectivity index (χ1n) is 12.2. The van der Waals surface area contributed by atoms with Gasteiger partial charge in [-0.2, -0.15) is 0 Å². The van der Waals surface area contributed by atoms with Crippen LogP contribution in [-0.2, 0) is 6.54 Å². The topological polar surface area (TPSA) is 51.7 Å². The number of aromatic nitrogens is 1. The number of likely N-dealkylation sites (tertiary alicyclic amines) is 1. The maximum absolute atomic E-state index is 12.1. The van der Waals surface area contributed by atoms with Gasteiger partial charge in [-0.3, -0.25) is 14.6 Å². The average Bonchev–Trinajstić information content (AvgIpc) is 2.80. The number of nitrogens with zero attached hydrogens (tertiary/aromatic N) is 4. The van der Waals surface area contributed by atoms with E-state index in [0.29, 0.717) is 23.2 Å². The van der Waals surface area contributed by atoms with Gasteiger partial charge >= 0.3 is 0 Å². The normalized spacial score (nSPS) is 21.4. The Morgan fingerprint density at radius 1 is 1.12 bits per heavy atom. The number of pyridine rings is 1. The van der Waals surface area contributed by atoms with Crippen molar-refractivity contribution in [2.45, 2.75) is 39.8 Å². The SMILES string of the molecule is CCNC(=O)c1cnc(N2CCN(C3CCN(Cc4ccc(Cl)cc4)CC3(C)C)CC2)c(Cl)c1. The lowest BCUT2D eigenvalue weighted by atomic mass is 9.77. The van der Waals surface area contributed by atoms with Gasteiger partial charge in [0.15, 0.2) is 0 Å². The van der Waals surface area contributed by atoms with Crippen molar-refractivity contribution in [3.8, 4) is 0 Å². The van der Waals surface area contributed by atoms with Gasteiger partial charge in [0.25, 0.3) is 5.91 Å². The second kappa shape index (κ2) is 10.8. The highest BCUT2D eigenvalue weighted by atomic mass is 35.5. The zero-order chi connectivity index (χ0) is 24.3. The summed E-state index contributed by atoms with van der Waals surface area (Å²) >= 11 is 12.6. The Hall–Kier alpha value is -1.86. The second-order valence-corrected chi connectivity index (χ2v) is 10.9. The molecule has 2 aliphatic heterocycles. The van der Waals surface area contributed by atoms with Crippen LogP contribution in [0.4, 0.5) is 5.82 Å². The zero-order valence-corrected chi connectivity index (χ0v) is 21.9. The fourth-order valence-electron chi connectivity index (χ4n) is 5.41. The van der Waals surface area contributed by atoms with Gasteiger partial charge in [0.1, 0.15) is 5.82 Å². The highest BCUT2D eigenvalue weighted by molar-refractivity contribution is 6.33. The van der Waals surface area contributed by atoms with E-state index in [0.717, 1.165) is 56.7 Å². The standard InChI is InChI=1S/C26H35Cl2N5O/c1-4-29-25(34)20-15-22(28)24(30-16-20)33-13-11-32(12-14-33)23-9-10-31(18-26(23,2)3)17-19-5-7-21(27)8-6-19/h5-8,15-16,23H,4,9-14,17-18H2,1-3H3,(H,29,34). The van der Waals surface area contributed by atoms with Crippen LogP contribution in [0.5, 0.6) is 0 Å². The van der Waals surface area contributed by atoms with Crippen molar-refractivity contribution in [1.82, 2.24) is 20.1 Å². The van der Waals surface area contributed by atoms with Gasteiger partial charge in [0.2, 0.25) is 0 Å². The van der Waals surface area contributed by atoms with E-state index in [2.05, 4.69) is 51.0 Å². The van der Waals surface area contributed by atoms with Crippen molar-refractivity contribution in [1.29, 1.82) is 0 Å². The van der Waals surface area contributed by atoms with E-state index in [1.54, 1.807) is 12.3 Å². The third-order valence-electron chi connectivity index (χ3n) is 7.05. The number of piperidine rings is 1. The lowest BCUT2D eigenvalue weighted by Crippen LogP contribution is -2.59. The predicted octanol–water partition coefficient (Wildman–Crippen LogP) is 4.56. The van der Waals surface area contributed by atoms with Gasteiger partial charge < -0.3 is 10.2 Å². The molecule has 6 nitrogen and oxygen atoms in total. The van der Waals surface area contributed by atoms with Crippen molar-refractivity contribution < 1.29 is 4.79 Å². The number of rotatable bonds is 6. The van der Waals surface area contributed by atoms with Crippen LogP contribution >= 0.6 is 23.2 Å². The predicted molar refractivity (Wildman–Crippen MR) is 140 cm³/mol. The number of halogens is 2.